The van der Waals surface area contributed by atoms with E-state index in [0.29, 0.717) is 5.70 Å². The summed E-state index contributed by atoms with van der Waals surface area (Å²) in [5.74, 6) is 0. The van der Waals surface area contributed by atoms with Gasteiger partial charge in [-0.3, -0.25) is 0 Å². The van der Waals surface area contributed by atoms with Gasteiger partial charge in [0.15, 0.2) is 0 Å². The van der Waals surface area contributed by atoms with Gasteiger partial charge in [-0.05, 0) is 0 Å². The molecule has 0 aliphatic rings. The maximum atomic E-state index is 8.37. The molecule has 50 valence electrons. The van der Waals surface area contributed by atoms with Crippen molar-refractivity contribution in [2.45, 2.75) is 0 Å². The van der Waals surface area contributed by atoms with Crippen LogP contribution in [-0.2, 0) is 0 Å². The smallest absolute Gasteiger partial charge is 0.129 e. The van der Waals surface area contributed by atoms with Gasteiger partial charge in [0.05, 0.1) is 0 Å². The third-order valence-corrected chi connectivity index (χ3v) is 0.777. The summed E-state index contributed by atoms with van der Waals surface area (Å²) in [5.41, 5.74) is 0.569. The van der Waals surface area contributed by atoms with Crippen LogP contribution in [0.15, 0.2) is 11.9 Å². The lowest BCUT2D eigenvalue weighted by Crippen LogP contribution is -2.10. The Balaban J connectivity index is 3.96. The van der Waals surface area contributed by atoms with Crippen molar-refractivity contribution in [2.24, 2.45) is 0 Å². The highest BCUT2D eigenvalue weighted by atomic mass is 15.0. The summed E-state index contributed by atoms with van der Waals surface area (Å²) in [6.07, 6.45) is 1.72. The molecule has 3 heteroatoms. The first-order valence-electron chi connectivity index (χ1n) is 2.66. The SMILES string of the molecule is CN/C(C#N)=C\N(C)C. The summed E-state index contributed by atoms with van der Waals surface area (Å²) in [7, 11) is 5.46. The Kier molecular flexibility index (Phi) is 3.29. The van der Waals surface area contributed by atoms with Crippen LogP contribution in [0.1, 0.15) is 0 Å². The molecule has 0 aromatic heterocycles. The summed E-state index contributed by atoms with van der Waals surface area (Å²) in [5, 5.41) is 11.1. The standard InChI is InChI=1S/C6H11N3/c1-8-6(4-7)5-9(2)3/h5,8H,1-3H3/b6-5-. The van der Waals surface area contributed by atoms with Gasteiger partial charge in [0.25, 0.3) is 0 Å². The minimum atomic E-state index is 0.569. The maximum Gasteiger partial charge on any atom is 0.129 e. The summed E-state index contributed by atoms with van der Waals surface area (Å²) in [6.45, 7) is 0. The van der Waals surface area contributed by atoms with Gasteiger partial charge < -0.3 is 10.2 Å². The quantitative estimate of drug-likeness (QED) is 0.533. The van der Waals surface area contributed by atoms with Crippen LogP contribution in [0.5, 0.6) is 0 Å². The minimum absolute atomic E-state index is 0.569. The number of rotatable bonds is 2. The fraction of sp³-hybridized carbons (Fsp3) is 0.500. The van der Waals surface area contributed by atoms with Crippen LogP contribution in [0.25, 0.3) is 0 Å². The molecule has 0 atom stereocenters. The van der Waals surface area contributed by atoms with Gasteiger partial charge in [-0.15, -0.1) is 0 Å². The normalized spacial score (nSPS) is 10.2. The minimum Gasteiger partial charge on any atom is -0.381 e. The van der Waals surface area contributed by atoms with Crippen LogP contribution in [0.4, 0.5) is 0 Å². The molecule has 0 heterocycles. The molecular formula is C6H11N3. The van der Waals surface area contributed by atoms with Gasteiger partial charge in [0.2, 0.25) is 0 Å². The highest BCUT2D eigenvalue weighted by molar-refractivity contribution is 5.16. The number of hydrogen-bond donors (Lipinski definition) is 1. The van der Waals surface area contributed by atoms with Gasteiger partial charge in [-0.25, -0.2) is 0 Å². The fourth-order valence-electron chi connectivity index (χ4n) is 0.408. The van der Waals surface area contributed by atoms with Crippen LogP contribution in [0.2, 0.25) is 0 Å². The van der Waals surface area contributed by atoms with E-state index in [-0.39, 0.29) is 0 Å². The van der Waals surface area contributed by atoms with E-state index in [1.807, 2.05) is 25.1 Å². The van der Waals surface area contributed by atoms with Crippen molar-refractivity contribution in [1.82, 2.24) is 10.2 Å². The lowest BCUT2D eigenvalue weighted by atomic mass is 10.5. The molecular weight excluding hydrogens is 114 g/mol. The van der Waals surface area contributed by atoms with E-state index in [9.17, 15) is 0 Å². The van der Waals surface area contributed by atoms with Gasteiger partial charge in [0.1, 0.15) is 11.8 Å². The average Bonchev–Trinajstić information content (AvgIpc) is 1.82. The number of allylic oxidation sites excluding steroid dienone is 1. The van der Waals surface area contributed by atoms with Gasteiger partial charge in [-0.1, -0.05) is 0 Å². The largest absolute Gasteiger partial charge is 0.381 e. The van der Waals surface area contributed by atoms with Crippen molar-refractivity contribution in [3.8, 4) is 6.07 Å². The van der Waals surface area contributed by atoms with Crippen LogP contribution in [-0.4, -0.2) is 26.0 Å². The Morgan fingerprint density at radius 2 is 2.22 bits per heavy atom. The summed E-state index contributed by atoms with van der Waals surface area (Å²) < 4.78 is 0. The monoisotopic (exact) mass is 125 g/mol. The number of hydrogen-bond acceptors (Lipinski definition) is 3. The van der Waals surface area contributed by atoms with Gasteiger partial charge in [0, 0.05) is 27.3 Å². The summed E-state index contributed by atoms with van der Waals surface area (Å²) in [6, 6.07) is 1.99. The van der Waals surface area contributed by atoms with Crippen LogP contribution in [0, 0.1) is 11.3 Å². The third-order valence-electron chi connectivity index (χ3n) is 0.777. The number of nitrogens with one attached hydrogen (secondary N) is 1. The first-order valence-corrected chi connectivity index (χ1v) is 2.66. The van der Waals surface area contributed by atoms with Crippen molar-refractivity contribution in [3.05, 3.63) is 11.9 Å². The van der Waals surface area contributed by atoms with E-state index < -0.39 is 0 Å². The molecule has 0 bridgehead atoms. The van der Waals surface area contributed by atoms with Crippen molar-refractivity contribution in [1.29, 1.82) is 5.26 Å². The third kappa shape index (κ3) is 3.42. The summed E-state index contributed by atoms with van der Waals surface area (Å²) in [4.78, 5) is 1.81. The average molecular weight is 125 g/mol. The molecule has 0 radical (unpaired) electrons. The fourth-order valence-corrected chi connectivity index (χ4v) is 0.408. The summed E-state index contributed by atoms with van der Waals surface area (Å²) >= 11 is 0. The Labute approximate surface area is 55.6 Å². The first-order chi connectivity index (χ1) is 4.20. The van der Waals surface area contributed by atoms with Crippen molar-refractivity contribution in [3.63, 3.8) is 0 Å². The lowest BCUT2D eigenvalue weighted by molar-refractivity contribution is 0.556. The Morgan fingerprint density at radius 1 is 1.67 bits per heavy atom. The highest BCUT2D eigenvalue weighted by Crippen LogP contribution is 1.84. The van der Waals surface area contributed by atoms with E-state index >= 15 is 0 Å². The molecule has 0 rings (SSSR count). The van der Waals surface area contributed by atoms with Crippen LogP contribution in [0.3, 0.4) is 0 Å². The van der Waals surface area contributed by atoms with E-state index in [2.05, 4.69) is 5.32 Å². The van der Waals surface area contributed by atoms with E-state index in [0.717, 1.165) is 0 Å². The molecule has 1 N–H and O–H groups in total. The molecule has 3 nitrogen and oxygen atoms in total. The molecule has 0 aliphatic carbocycles. The molecule has 0 spiro atoms. The first kappa shape index (κ1) is 7.83. The van der Waals surface area contributed by atoms with Gasteiger partial charge in [-0.2, -0.15) is 5.26 Å². The van der Waals surface area contributed by atoms with E-state index in [4.69, 9.17) is 5.26 Å². The zero-order valence-corrected chi connectivity index (χ0v) is 5.97. The zero-order chi connectivity index (χ0) is 7.28. The zero-order valence-electron chi connectivity index (χ0n) is 5.97. The maximum absolute atomic E-state index is 8.37. The lowest BCUT2D eigenvalue weighted by Gasteiger charge is -2.04. The topological polar surface area (TPSA) is 39.1 Å². The van der Waals surface area contributed by atoms with E-state index in [1.165, 1.54) is 0 Å². The molecule has 0 saturated carbocycles. The van der Waals surface area contributed by atoms with Gasteiger partial charge >= 0.3 is 0 Å². The highest BCUT2D eigenvalue weighted by Gasteiger charge is 1.87. The molecule has 0 aromatic rings. The molecule has 0 saturated heterocycles. The molecule has 0 unspecified atom stereocenters. The Bertz CT molecular complexity index is 141. The second-order valence-corrected chi connectivity index (χ2v) is 1.87. The predicted octanol–water partition coefficient (Wildman–Crippen LogP) is 0.132. The second-order valence-electron chi connectivity index (χ2n) is 1.87. The molecule has 0 fully saturated rings. The predicted molar refractivity (Wildman–Crippen MR) is 36.4 cm³/mol. The number of nitrogens with zero attached hydrogens (tertiary/aromatic N) is 2. The Hall–Kier alpha value is -1.17. The van der Waals surface area contributed by atoms with Crippen molar-refractivity contribution < 1.29 is 0 Å². The number of nitriles is 1. The van der Waals surface area contributed by atoms with Crippen molar-refractivity contribution >= 4 is 0 Å². The Morgan fingerprint density at radius 3 is 2.33 bits per heavy atom. The molecule has 0 aliphatic heterocycles. The van der Waals surface area contributed by atoms with Crippen molar-refractivity contribution in [2.75, 3.05) is 21.1 Å². The molecule has 0 aromatic carbocycles. The second kappa shape index (κ2) is 3.79. The molecule has 0 amide bonds. The van der Waals surface area contributed by atoms with E-state index in [1.54, 1.807) is 13.2 Å². The van der Waals surface area contributed by atoms with Crippen LogP contribution < -0.4 is 5.32 Å². The molecule has 9 heavy (non-hydrogen) atoms. The van der Waals surface area contributed by atoms with Crippen LogP contribution >= 0.6 is 0 Å².